The number of rotatable bonds is 1. The second kappa shape index (κ2) is 8.43. The highest BCUT2D eigenvalue weighted by atomic mass is 16.3. The zero-order valence-corrected chi connectivity index (χ0v) is 24.3. The molecule has 0 spiro atoms. The van der Waals surface area contributed by atoms with Gasteiger partial charge in [0.25, 0.3) is 0 Å². The van der Waals surface area contributed by atoms with E-state index in [2.05, 4.69) is 126 Å². The van der Waals surface area contributed by atoms with Crippen molar-refractivity contribution < 1.29 is 8.83 Å². The second-order valence-corrected chi connectivity index (χ2v) is 12.3. The molecule has 0 fully saturated rings. The summed E-state index contributed by atoms with van der Waals surface area (Å²) in [6, 6.07) is 45.7. The lowest BCUT2D eigenvalue weighted by atomic mass is 9.88. The summed E-state index contributed by atoms with van der Waals surface area (Å²) < 4.78 is 16.2. The summed E-state index contributed by atoms with van der Waals surface area (Å²) in [5.74, 6) is 1.01. The van der Waals surface area contributed by atoms with Gasteiger partial charge in [-0.3, -0.25) is 0 Å². The minimum atomic E-state index is 0.898. The fourth-order valence-corrected chi connectivity index (χ4v) is 8.20. The highest BCUT2D eigenvalue weighted by Crippen LogP contribution is 2.50. The lowest BCUT2D eigenvalue weighted by Crippen LogP contribution is -2.02. The number of fused-ring (bicyclic) bond motifs is 17. The normalized spacial score (nSPS) is 13.2. The van der Waals surface area contributed by atoms with Crippen LogP contribution in [0.2, 0.25) is 0 Å². The number of hydrogen-bond acceptors (Lipinski definition) is 2. The molecular formula is C42H25NO2. The van der Waals surface area contributed by atoms with Gasteiger partial charge < -0.3 is 13.4 Å². The summed E-state index contributed by atoms with van der Waals surface area (Å²) in [7, 11) is 0. The van der Waals surface area contributed by atoms with Gasteiger partial charge in [0.1, 0.15) is 16.9 Å². The fourth-order valence-electron chi connectivity index (χ4n) is 8.20. The van der Waals surface area contributed by atoms with Crippen molar-refractivity contribution in [3.05, 3.63) is 139 Å². The van der Waals surface area contributed by atoms with Gasteiger partial charge in [0.2, 0.25) is 0 Å². The van der Waals surface area contributed by atoms with Crippen molar-refractivity contribution in [2.45, 2.75) is 12.8 Å². The molecule has 10 aromatic rings. The summed E-state index contributed by atoms with van der Waals surface area (Å²) in [6.07, 6.45) is 1.93. The number of benzene rings is 7. The van der Waals surface area contributed by atoms with Gasteiger partial charge in [-0.2, -0.15) is 0 Å². The van der Waals surface area contributed by atoms with E-state index in [0.29, 0.717) is 0 Å². The van der Waals surface area contributed by atoms with Crippen molar-refractivity contribution in [1.29, 1.82) is 0 Å². The van der Waals surface area contributed by atoms with Gasteiger partial charge in [0.15, 0.2) is 5.58 Å². The average Bonchev–Trinajstić information content (AvgIpc) is 3.78. The SMILES string of the molecule is c1ccc2c(c1)CCc1c-2oc2c3ccccc3c3c4c5ccccc5ccc4n(-c4cccc5c4oc4ccccc45)c3c12. The van der Waals surface area contributed by atoms with E-state index in [1.165, 1.54) is 60.0 Å². The van der Waals surface area contributed by atoms with E-state index >= 15 is 0 Å². The number of para-hydroxylation sites is 2. The highest BCUT2D eigenvalue weighted by Gasteiger charge is 2.30. The maximum absolute atomic E-state index is 7.01. The third kappa shape index (κ3) is 2.95. The molecule has 0 bridgehead atoms. The third-order valence-electron chi connectivity index (χ3n) is 10.1. The topological polar surface area (TPSA) is 31.2 Å². The smallest absolute Gasteiger partial charge is 0.159 e. The Morgan fingerprint density at radius 2 is 1.22 bits per heavy atom. The van der Waals surface area contributed by atoms with Crippen LogP contribution in [-0.2, 0) is 12.8 Å². The Balaban J connectivity index is 1.45. The first-order valence-electron chi connectivity index (χ1n) is 15.7. The molecule has 3 aromatic heterocycles. The average molecular weight is 576 g/mol. The molecule has 0 saturated carbocycles. The van der Waals surface area contributed by atoms with Crippen LogP contribution in [0.5, 0.6) is 0 Å². The summed E-state index contributed by atoms with van der Waals surface area (Å²) in [4.78, 5) is 0. The first-order chi connectivity index (χ1) is 22.3. The van der Waals surface area contributed by atoms with Crippen LogP contribution in [-0.4, -0.2) is 4.57 Å². The Hall–Kier alpha value is -5.80. The minimum Gasteiger partial charge on any atom is -0.455 e. The van der Waals surface area contributed by atoms with Crippen molar-refractivity contribution in [1.82, 2.24) is 4.57 Å². The standard InChI is InChI=1S/C42H25NO2/c1-3-12-26-24(10-1)21-23-33-36(26)37-29-15-5-6-16-31(29)42-38(32-22-20-25-11-2-4-13-27(25)40(32)45-42)39(37)43(33)34-18-9-17-30-28-14-7-8-19-35(28)44-41(30)34/h1-19,21,23H,20,22H2. The van der Waals surface area contributed by atoms with Crippen LogP contribution in [0.15, 0.2) is 136 Å². The third-order valence-corrected chi connectivity index (χ3v) is 10.1. The Bertz CT molecular complexity index is 2880. The van der Waals surface area contributed by atoms with Crippen LogP contribution >= 0.6 is 0 Å². The number of aryl methyl sites for hydroxylation is 2. The Kier molecular flexibility index (Phi) is 4.43. The molecule has 45 heavy (non-hydrogen) atoms. The molecule has 0 unspecified atom stereocenters. The van der Waals surface area contributed by atoms with Crippen LogP contribution < -0.4 is 0 Å². The van der Waals surface area contributed by atoms with Gasteiger partial charge in [-0.05, 0) is 52.8 Å². The van der Waals surface area contributed by atoms with E-state index in [0.717, 1.165) is 57.2 Å². The molecule has 210 valence electrons. The van der Waals surface area contributed by atoms with E-state index in [1.807, 2.05) is 6.07 Å². The maximum Gasteiger partial charge on any atom is 0.159 e. The first-order valence-corrected chi connectivity index (χ1v) is 15.7. The van der Waals surface area contributed by atoms with Crippen molar-refractivity contribution in [3.8, 4) is 17.0 Å². The summed E-state index contributed by atoms with van der Waals surface area (Å²) in [5, 5.41) is 10.8. The maximum atomic E-state index is 7.01. The van der Waals surface area contributed by atoms with Gasteiger partial charge >= 0.3 is 0 Å². The molecule has 3 heterocycles. The zero-order chi connectivity index (χ0) is 29.2. The Labute approximate surface area is 257 Å². The summed E-state index contributed by atoms with van der Waals surface area (Å²) in [6.45, 7) is 0. The van der Waals surface area contributed by atoms with Gasteiger partial charge in [-0.25, -0.2) is 0 Å². The van der Waals surface area contributed by atoms with Crippen LogP contribution in [0.25, 0.3) is 93.3 Å². The molecule has 7 aromatic carbocycles. The molecule has 0 radical (unpaired) electrons. The van der Waals surface area contributed by atoms with Crippen molar-refractivity contribution >= 4 is 76.3 Å². The van der Waals surface area contributed by atoms with Gasteiger partial charge in [-0.1, -0.05) is 109 Å². The van der Waals surface area contributed by atoms with Crippen LogP contribution in [0.1, 0.15) is 11.1 Å². The van der Waals surface area contributed by atoms with Gasteiger partial charge in [-0.15, -0.1) is 0 Å². The van der Waals surface area contributed by atoms with E-state index in [4.69, 9.17) is 8.83 Å². The van der Waals surface area contributed by atoms with Crippen molar-refractivity contribution in [2.75, 3.05) is 0 Å². The van der Waals surface area contributed by atoms with Crippen LogP contribution in [0.4, 0.5) is 0 Å². The number of hydrogen-bond donors (Lipinski definition) is 0. The molecule has 0 N–H and O–H groups in total. The summed E-state index contributed by atoms with van der Waals surface area (Å²) in [5.41, 5.74) is 10.0. The van der Waals surface area contributed by atoms with E-state index in [1.54, 1.807) is 0 Å². The lowest BCUT2D eigenvalue weighted by Gasteiger charge is -2.15. The van der Waals surface area contributed by atoms with E-state index in [-0.39, 0.29) is 0 Å². The van der Waals surface area contributed by atoms with Gasteiger partial charge in [0.05, 0.1) is 16.7 Å². The lowest BCUT2D eigenvalue weighted by molar-refractivity contribution is 0.624. The molecule has 0 aliphatic heterocycles. The Morgan fingerprint density at radius 3 is 2.16 bits per heavy atom. The minimum absolute atomic E-state index is 0.898. The molecule has 11 rings (SSSR count). The molecule has 3 heteroatoms. The fraction of sp³-hybridized carbons (Fsp3) is 0.0476. The van der Waals surface area contributed by atoms with Gasteiger partial charge in [0, 0.05) is 43.4 Å². The van der Waals surface area contributed by atoms with Crippen molar-refractivity contribution in [2.24, 2.45) is 0 Å². The predicted molar refractivity (Wildman–Crippen MR) is 186 cm³/mol. The molecular weight excluding hydrogens is 550 g/mol. The second-order valence-electron chi connectivity index (χ2n) is 12.3. The van der Waals surface area contributed by atoms with Crippen LogP contribution in [0, 0.1) is 0 Å². The molecule has 1 aliphatic rings. The number of nitrogens with zero attached hydrogens (tertiary/aromatic N) is 1. The summed E-state index contributed by atoms with van der Waals surface area (Å²) >= 11 is 0. The quantitative estimate of drug-likeness (QED) is 0.195. The molecule has 3 nitrogen and oxygen atoms in total. The number of furan rings is 2. The van der Waals surface area contributed by atoms with E-state index in [9.17, 15) is 0 Å². The molecule has 0 atom stereocenters. The zero-order valence-electron chi connectivity index (χ0n) is 24.3. The Morgan fingerprint density at radius 1 is 0.489 bits per heavy atom. The largest absolute Gasteiger partial charge is 0.455 e. The predicted octanol–water partition coefficient (Wildman–Crippen LogP) is 11.5. The van der Waals surface area contributed by atoms with Crippen molar-refractivity contribution in [3.63, 3.8) is 0 Å². The monoisotopic (exact) mass is 575 g/mol. The number of aromatic nitrogens is 1. The van der Waals surface area contributed by atoms with E-state index < -0.39 is 0 Å². The molecule has 1 aliphatic carbocycles. The first kappa shape index (κ1) is 23.6. The molecule has 0 amide bonds. The van der Waals surface area contributed by atoms with Crippen LogP contribution in [0.3, 0.4) is 0 Å². The highest BCUT2D eigenvalue weighted by molar-refractivity contribution is 6.36. The molecule has 0 saturated heterocycles.